The van der Waals surface area contributed by atoms with Crippen molar-refractivity contribution in [2.45, 2.75) is 181 Å². The fraction of sp³-hybridized carbons (Fsp3) is 0.667. The second-order valence-electron chi connectivity index (χ2n) is 19.5. The number of carbonyl (C=O) groups is 1. The number of ketones is 1. The lowest BCUT2D eigenvalue weighted by atomic mass is 9.69. The van der Waals surface area contributed by atoms with Crippen LogP contribution in [-0.4, -0.2) is 40.2 Å². The summed E-state index contributed by atoms with van der Waals surface area (Å²) in [6, 6.07) is 12.7. The zero-order valence-electron chi connectivity index (χ0n) is 35.5. The molecule has 2 fully saturated rings. The Balaban J connectivity index is 1.61. The summed E-state index contributed by atoms with van der Waals surface area (Å²) in [5.41, 5.74) is 4.56. The Hall–Kier alpha value is -2.24. The van der Waals surface area contributed by atoms with E-state index in [4.69, 9.17) is 22.7 Å². The average Bonchev–Trinajstić information content (AvgIpc) is 3.66. The minimum Gasteiger partial charge on any atom is -0.488 e. The van der Waals surface area contributed by atoms with E-state index >= 15 is 0 Å². The quantitative estimate of drug-likeness (QED) is 0.113. The summed E-state index contributed by atoms with van der Waals surface area (Å²) >= 11 is 0. The highest BCUT2D eigenvalue weighted by Crippen LogP contribution is 2.55. The molecule has 1 saturated heterocycles. The highest BCUT2D eigenvalue weighted by molar-refractivity contribution is 6.74. The molecule has 8 heteroatoms. The molecule has 0 bridgehead atoms. The molecule has 294 valence electrons. The highest BCUT2D eigenvalue weighted by Gasteiger charge is 2.69. The van der Waals surface area contributed by atoms with Crippen LogP contribution in [0.3, 0.4) is 0 Å². The van der Waals surface area contributed by atoms with Crippen molar-refractivity contribution < 1.29 is 27.5 Å². The fourth-order valence-electron chi connectivity index (χ4n) is 7.85. The Kier molecular flexibility index (Phi) is 12.4. The van der Waals surface area contributed by atoms with Crippen molar-refractivity contribution >= 4 is 33.4 Å². The maximum Gasteiger partial charge on any atom is 0.192 e. The summed E-state index contributed by atoms with van der Waals surface area (Å²) in [7, 11) is -4.30. The number of hydrogen-bond donors (Lipinski definition) is 0. The van der Waals surface area contributed by atoms with Crippen LogP contribution in [-0.2, 0) is 38.0 Å². The van der Waals surface area contributed by atoms with Gasteiger partial charge in [0.25, 0.3) is 0 Å². The lowest BCUT2D eigenvalue weighted by molar-refractivity contribution is -0.133. The number of carbonyl (C=O) groups excluding carboxylic acids is 1. The molecule has 2 heterocycles. The Morgan fingerprint density at radius 2 is 1.60 bits per heavy atom. The Morgan fingerprint density at radius 3 is 2.17 bits per heavy atom. The van der Waals surface area contributed by atoms with Crippen molar-refractivity contribution in [3.05, 3.63) is 64.9 Å². The third kappa shape index (κ3) is 8.62. The summed E-state index contributed by atoms with van der Waals surface area (Å²) < 4.78 is 34.0. The fourth-order valence-corrected chi connectivity index (χ4v) is 10.1. The summed E-state index contributed by atoms with van der Waals surface area (Å²) in [6.07, 6.45) is 6.68. The van der Waals surface area contributed by atoms with E-state index in [1.54, 1.807) is 0 Å². The van der Waals surface area contributed by atoms with Gasteiger partial charge in [0.2, 0.25) is 0 Å². The molecule has 2 aliphatic rings. The molecule has 5 rings (SSSR count). The molecule has 2 aromatic carbocycles. The second kappa shape index (κ2) is 15.7. The highest BCUT2D eigenvalue weighted by atomic mass is 28.4. The van der Waals surface area contributed by atoms with Gasteiger partial charge in [-0.2, -0.15) is 0 Å². The van der Waals surface area contributed by atoms with E-state index in [9.17, 15) is 4.79 Å². The molecular formula is C45H70O6Si2. The monoisotopic (exact) mass is 762 g/mol. The number of furan rings is 1. The molecule has 0 amide bonds. The van der Waals surface area contributed by atoms with Gasteiger partial charge in [0.15, 0.2) is 28.0 Å². The lowest BCUT2D eigenvalue weighted by Gasteiger charge is -2.44. The number of hydrogen-bond acceptors (Lipinski definition) is 6. The average molecular weight is 763 g/mol. The number of fused-ring (bicyclic) bond motifs is 1. The van der Waals surface area contributed by atoms with E-state index < -0.39 is 22.2 Å². The SMILES string of the molecule is CCC[C@@H](c1coc2c(CO[Si](C)(C)C(C)(C)C)c(OCc3ccccc3)c(CC(C)C)cc12)[C@@H]1CC(=O)[C@]2(OC2CC)[C@@H](O[Si](C)(C)C(C)(C)C)C1. The van der Waals surface area contributed by atoms with Crippen LogP contribution in [0, 0.1) is 11.8 Å². The predicted octanol–water partition coefficient (Wildman–Crippen LogP) is 12.5. The molecule has 1 spiro atoms. The van der Waals surface area contributed by atoms with Gasteiger partial charge in [-0.3, -0.25) is 4.79 Å². The maximum atomic E-state index is 14.3. The third-order valence-electron chi connectivity index (χ3n) is 13.1. The summed E-state index contributed by atoms with van der Waals surface area (Å²) in [6.45, 7) is 32.7. The number of rotatable bonds is 15. The van der Waals surface area contributed by atoms with Crippen LogP contribution in [0.1, 0.15) is 130 Å². The Labute approximate surface area is 323 Å². The van der Waals surface area contributed by atoms with Crippen molar-refractivity contribution in [3.63, 3.8) is 0 Å². The normalized spacial score (nSPS) is 23.3. The molecular weight excluding hydrogens is 693 g/mol. The smallest absolute Gasteiger partial charge is 0.192 e. The zero-order chi connectivity index (χ0) is 39.1. The van der Waals surface area contributed by atoms with Crippen LogP contribution < -0.4 is 4.74 Å². The summed E-state index contributed by atoms with van der Waals surface area (Å²) in [5.74, 6) is 1.80. The van der Waals surface area contributed by atoms with Gasteiger partial charge in [-0.1, -0.05) is 106 Å². The number of benzene rings is 2. The van der Waals surface area contributed by atoms with Gasteiger partial charge in [0.1, 0.15) is 17.9 Å². The van der Waals surface area contributed by atoms with Gasteiger partial charge in [-0.05, 0) is 96.9 Å². The first-order valence-electron chi connectivity index (χ1n) is 20.4. The summed E-state index contributed by atoms with van der Waals surface area (Å²) in [5, 5.41) is 1.22. The first-order valence-corrected chi connectivity index (χ1v) is 26.2. The van der Waals surface area contributed by atoms with Gasteiger partial charge in [0, 0.05) is 17.4 Å². The molecule has 1 aromatic heterocycles. The van der Waals surface area contributed by atoms with Gasteiger partial charge in [-0.25, -0.2) is 0 Å². The molecule has 5 atom stereocenters. The van der Waals surface area contributed by atoms with Crippen LogP contribution >= 0.6 is 0 Å². The number of epoxide rings is 1. The standard InChI is InChI=1S/C45H70O6Si2/c1-15-20-34(32-25-38(46)45(39(16-2)50-45)40(26-32)51-53(13,14)44(8,9)10)36-28-48-42-35(36)24-33(23-30(3)4)41(47-27-31-21-18-17-19-22-31)37(42)29-49-52(11,12)43(5,6)7/h17-19,21-22,24,28,30,32,34,39-40H,15-16,20,23,25-27,29H2,1-14H3/t32-,34-,39?,40+,45-/m1/s1. The van der Waals surface area contributed by atoms with E-state index in [0.717, 1.165) is 59.9 Å². The van der Waals surface area contributed by atoms with Gasteiger partial charge in [-0.15, -0.1) is 0 Å². The third-order valence-corrected chi connectivity index (χ3v) is 22.0. The van der Waals surface area contributed by atoms with Crippen molar-refractivity contribution in [2.75, 3.05) is 0 Å². The van der Waals surface area contributed by atoms with Gasteiger partial charge < -0.3 is 22.7 Å². The van der Waals surface area contributed by atoms with Crippen molar-refractivity contribution in [3.8, 4) is 5.75 Å². The molecule has 0 N–H and O–H groups in total. The van der Waals surface area contributed by atoms with Crippen LogP contribution in [0.5, 0.6) is 5.75 Å². The Morgan fingerprint density at radius 1 is 0.943 bits per heavy atom. The first-order chi connectivity index (χ1) is 24.7. The van der Waals surface area contributed by atoms with Gasteiger partial charge in [0.05, 0.1) is 30.6 Å². The van der Waals surface area contributed by atoms with Crippen LogP contribution in [0.25, 0.3) is 11.0 Å². The minimum atomic E-state index is -2.19. The molecule has 53 heavy (non-hydrogen) atoms. The van der Waals surface area contributed by atoms with Gasteiger partial charge >= 0.3 is 0 Å². The van der Waals surface area contributed by atoms with Crippen LogP contribution in [0.15, 0.2) is 47.1 Å². The second-order valence-corrected chi connectivity index (χ2v) is 29.1. The Bertz CT molecular complexity index is 1710. The number of ether oxygens (including phenoxy) is 2. The van der Waals surface area contributed by atoms with Crippen LogP contribution in [0.4, 0.5) is 0 Å². The summed E-state index contributed by atoms with van der Waals surface area (Å²) in [4.78, 5) is 14.3. The minimum absolute atomic E-state index is 0.0281. The van der Waals surface area contributed by atoms with E-state index in [1.807, 2.05) is 12.3 Å². The van der Waals surface area contributed by atoms with E-state index in [1.165, 1.54) is 11.1 Å². The zero-order valence-corrected chi connectivity index (χ0v) is 37.5. The van der Waals surface area contributed by atoms with Crippen molar-refractivity contribution in [1.29, 1.82) is 0 Å². The molecule has 1 unspecified atom stereocenters. The van der Waals surface area contributed by atoms with E-state index in [2.05, 4.69) is 126 Å². The molecule has 1 saturated carbocycles. The van der Waals surface area contributed by atoms with Crippen LogP contribution in [0.2, 0.25) is 36.3 Å². The van der Waals surface area contributed by atoms with E-state index in [-0.39, 0.29) is 39.9 Å². The number of Topliss-reactive ketones (excluding diaryl/α,β-unsaturated/α-hetero) is 1. The topological polar surface area (TPSA) is 70.4 Å². The van der Waals surface area contributed by atoms with Crippen molar-refractivity contribution in [2.24, 2.45) is 11.8 Å². The largest absolute Gasteiger partial charge is 0.488 e. The van der Waals surface area contributed by atoms with E-state index in [0.29, 0.717) is 25.6 Å². The molecule has 6 nitrogen and oxygen atoms in total. The lowest BCUT2D eigenvalue weighted by Crippen LogP contribution is -2.55. The molecule has 1 aliphatic heterocycles. The maximum absolute atomic E-state index is 14.3. The molecule has 1 aliphatic carbocycles. The first kappa shape index (κ1) is 41.9. The molecule has 3 aromatic rings. The van der Waals surface area contributed by atoms with Crippen molar-refractivity contribution in [1.82, 2.24) is 0 Å². The predicted molar refractivity (Wildman–Crippen MR) is 223 cm³/mol. The molecule has 0 radical (unpaired) electrons.